The Hall–Kier alpha value is -0.120. The van der Waals surface area contributed by atoms with Crippen LogP contribution in [-0.2, 0) is 9.47 Å². The average Bonchev–Trinajstić information content (AvgIpc) is 2.38. The van der Waals surface area contributed by atoms with Crippen LogP contribution in [0.3, 0.4) is 0 Å². The predicted molar refractivity (Wildman–Crippen MR) is 75.9 cm³/mol. The van der Waals surface area contributed by atoms with Gasteiger partial charge in [-0.2, -0.15) is 0 Å². The molecule has 0 spiro atoms. The summed E-state index contributed by atoms with van der Waals surface area (Å²) in [5.41, 5.74) is 0.287. The first kappa shape index (κ1) is 15.9. The molecular formula is C15H31NO2. The standard InChI is InChI=1S/C15H31NO2/c1-6-9-16-13-10-14(15(13,5)7-2)18-12(4)11-17-8-3/h12-14,16H,6-11H2,1-5H3. The smallest absolute Gasteiger partial charge is 0.0784 e. The molecular weight excluding hydrogens is 226 g/mol. The normalized spacial score (nSPS) is 33.2. The monoisotopic (exact) mass is 257 g/mol. The van der Waals surface area contributed by atoms with Gasteiger partial charge in [-0.1, -0.05) is 20.8 Å². The van der Waals surface area contributed by atoms with Gasteiger partial charge < -0.3 is 14.8 Å². The number of hydrogen-bond acceptors (Lipinski definition) is 3. The van der Waals surface area contributed by atoms with Gasteiger partial charge in [0.2, 0.25) is 0 Å². The van der Waals surface area contributed by atoms with Crippen LogP contribution in [0.15, 0.2) is 0 Å². The van der Waals surface area contributed by atoms with Crippen molar-refractivity contribution >= 4 is 0 Å². The lowest BCUT2D eigenvalue weighted by Crippen LogP contribution is -2.62. The zero-order valence-electron chi connectivity index (χ0n) is 12.8. The summed E-state index contributed by atoms with van der Waals surface area (Å²) in [5.74, 6) is 0. The van der Waals surface area contributed by atoms with Crippen LogP contribution >= 0.6 is 0 Å². The zero-order valence-corrected chi connectivity index (χ0v) is 12.8. The molecule has 0 bridgehead atoms. The predicted octanol–water partition coefficient (Wildman–Crippen LogP) is 2.98. The maximum absolute atomic E-state index is 6.14. The molecule has 4 unspecified atom stereocenters. The molecule has 1 N–H and O–H groups in total. The van der Waals surface area contributed by atoms with Gasteiger partial charge in [-0.15, -0.1) is 0 Å². The van der Waals surface area contributed by atoms with E-state index in [2.05, 4.69) is 33.0 Å². The minimum atomic E-state index is 0.202. The molecule has 1 fully saturated rings. The van der Waals surface area contributed by atoms with E-state index in [0.29, 0.717) is 18.8 Å². The van der Waals surface area contributed by atoms with E-state index < -0.39 is 0 Å². The summed E-state index contributed by atoms with van der Waals surface area (Å²) in [7, 11) is 0. The maximum Gasteiger partial charge on any atom is 0.0784 e. The molecule has 3 heteroatoms. The van der Waals surface area contributed by atoms with Crippen molar-refractivity contribution in [3.05, 3.63) is 0 Å². The summed E-state index contributed by atoms with van der Waals surface area (Å²) in [4.78, 5) is 0. The third-order valence-electron chi connectivity index (χ3n) is 4.34. The number of rotatable bonds is 9. The molecule has 0 aromatic rings. The Morgan fingerprint density at radius 2 is 2.06 bits per heavy atom. The summed E-state index contributed by atoms with van der Waals surface area (Å²) in [5, 5.41) is 3.65. The summed E-state index contributed by atoms with van der Waals surface area (Å²) < 4.78 is 11.6. The van der Waals surface area contributed by atoms with E-state index in [4.69, 9.17) is 9.47 Å². The molecule has 0 amide bonds. The van der Waals surface area contributed by atoms with Crippen molar-refractivity contribution in [1.29, 1.82) is 0 Å². The van der Waals surface area contributed by atoms with E-state index in [9.17, 15) is 0 Å². The lowest BCUT2D eigenvalue weighted by atomic mass is 9.61. The largest absolute Gasteiger partial charge is 0.379 e. The number of ether oxygens (including phenoxy) is 2. The second-order valence-corrected chi connectivity index (χ2v) is 5.70. The van der Waals surface area contributed by atoms with Crippen molar-refractivity contribution < 1.29 is 9.47 Å². The Morgan fingerprint density at radius 3 is 2.61 bits per heavy atom. The van der Waals surface area contributed by atoms with Crippen molar-refractivity contribution in [2.24, 2.45) is 5.41 Å². The van der Waals surface area contributed by atoms with Crippen LogP contribution in [0.2, 0.25) is 0 Å². The lowest BCUT2D eigenvalue weighted by molar-refractivity contribution is -0.164. The highest BCUT2D eigenvalue weighted by Gasteiger charge is 2.51. The van der Waals surface area contributed by atoms with Crippen LogP contribution in [0.25, 0.3) is 0 Å². The van der Waals surface area contributed by atoms with Crippen molar-refractivity contribution in [1.82, 2.24) is 5.32 Å². The van der Waals surface area contributed by atoms with Gasteiger partial charge in [-0.3, -0.25) is 0 Å². The highest BCUT2D eigenvalue weighted by Crippen LogP contribution is 2.46. The quantitative estimate of drug-likeness (QED) is 0.689. The number of hydrogen-bond donors (Lipinski definition) is 1. The van der Waals surface area contributed by atoms with Crippen LogP contribution < -0.4 is 5.32 Å². The molecule has 0 aromatic carbocycles. The summed E-state index contributed by atoms with van der Waals surface area (Å²) >= 11 is 0. The molecule has 1 rings (SSSR count). The Bertz CT molecular complexity index is 235. The molecule has 3 nitrogen and oxygen atoms in total. The Balaban J connectivity index is 2.39. The molecule has 1 aliphatic carbocycles. The summed E-state index contributed by atoms with van der Waals surface area (Å²) in [6.07, 6.45) is 4.09. The molecule has 18 heavy (non-hydrogen) atoms. The molecule has 1 saturated carbocycles. The van der Waals surface area contributed by atoms with Crippen LogP contribution in [0.5, 0.6) is 0 Å². The summed E-state index contributed by atoms with van der Waals surface area (Å²) in [6, 6.07) is 0.617. The molecule has 1 aliphatic rings. The molecule has 0 heterocycles. The second-order valence-electron chi connectivity index (χ2n) is 5.70. The molecule has 0 aliphatic heterocycles. The van der Waals surface area contributed by atoms with E-state index in [1.165, 1.54) is 12.8 Å². The van der Waals surface area contributed by atoms with Crippen LogP contribution in [-0.4, -0.2) is 38.0 Å². The minimum absolute atomic E-state index is 0.202. The van der Waals surface area contributed by atoms with Crippen LogP contribution in [0.4, 0.5) is 0 Å². The van der Waals surface area contributed by atoms with Crippen molar-refractivity contribution in [2.75, 3.05) is 19.8 Å². The molecule has 108 valence electrons. The maximum atomic E-state index is 6.14. The number of nitrogens with one attached hydrogen (secondary N) is 1. The molecule has 0 radical (unpaired) electrons. The topological polar surface area (TPSA) is 30.5 Å². The van der Waals surface area contributed by atoms with Gasteiger partial charge in [-0.05, 0) is 39.7 Å². The van der Waals surface area contributed by atoms with E-state index in [0.717, 1.165) is 19.6 Å². The lowest BCUT2D eigenvalue weighted by Gasteiger charge is -2.54. The van der Waals surface area contributed by atoms with Gasteiger partial charge in [0.05, 0.1) is 18.8 Å². The first-order chi connectivity index (χ1) is 8.58. The fourth-order valence-electron chi connectivity index (χ4n) is 2.74. The minimum Gasteiger partial charge on any atom is -0.379 e. The van der Waals surface area contributed by atoms with Crippen molar-refractivity contribution in [3.8, 4) is 0 Å². The van der Waals surface area contributed by atoms with Gasteiger partial charge in [0.1, 0.15) is 0 Å². The fraction of sp³-hybridized carbons (Fsp3) is 1.00. The van der Waals surface area contributed by atoms with E-state index in [-0.39, 0.29) is 11.5 Å². The van der Waals surface area contributed by atoms with E-state index in [1.807, 2.05) is 6.92 Å². The van der Waals surface area contributed by atoms with Crippen molar-refractivity contribution in [3.63, 3.8) is 0 Å². The Labute approximate surface area is 113 Å². The average molecular weight is 257 g/mol. The van der Waals surface area contributed by atoms with Crippen molar-refractivity contribution in [2.45, 2.75) is 72.1 Å². The first-order valence-corrected chi connectivity index (χ1v) is 7.55. The van der Waals surface area contributed by atoms with E-state index >= 15 is 0 Å². The molecule has 4 atom stereocenters. The Kier molecular flexibility index (Phi) is 6.61. The molecule has 0 saturated heterocycles. The zero-order chi connectivity index (χ0) is 13.6. The van der Waals surface area contributed by atoms with Gasteiger partial charge in [0.25, 0.3) is 0 Å². The van der Waals surface area contributed by atoms with Gasteiger partial charge in [-0.25, -0.2) is 0 Å². The highest BCUT2D eigenvalue weighted by molar-refractivity contribution is 5.04. The summed E-state index contributed by atoms with van der Waals surface area (Å²) in [6.45, 7) is 13.6. The molecule has 0 aromatic heterocycles. The SMILES string of the molecule is CCCNC1CC(OC(C)COCC)C1(C)CC. The van der Waals surface area contributed by atoms with Gasteiger partial charge in [0, 0.05) is 18.1 Å². The van der Waals surface area contributed by atoms with Gasteiger partial charge >= 0.3 is 0 Å². The van der Waals surface area contributed by atoms with Crippen LogP contribution in [0, 0.1) is 5.41 Å². The highest BCUT2D eigenvalue weighted by atomic mass is 16.5. The fourth-order valence-corrected chi connectivity index (χ4v) is 2.74. The van der Waals surface area contributed by atoms with Crippen LogP contribution in [0.1, 0.15) is 53.9 Å². The first-order valence-electron chi connectivity index (χ1n) is 7.55. The van der Waals surface area contributed by atoms with Gasteiger partial charge in [0.15, 0.2) is 0 Å². The Morgan fingerprint density at radius 1 is 1.33 bits per heavy atom. The third kappa shape index (κ3) is 3.69. The second kappa shape index (κ2) is 7.46. The van der Waals surface area contributed by atoms with E-state index in [1.54, 1.807) is 0 Å². The third-order valence-corrected chi connectivity index (χ3v) is 4.34.